The molecule has 2 fully saturated rings. The van der Waals surface area contributed by atoms with Gasteiger partial charge >= 0.3 is 0 Å². The van der Waals surface area contributed by atoms with E-state index in [9.17, 15) is 5.11 Å². The number of allylic oxidation sites excluding steroid dienone is 4. The molecule has 6 atom stereocenters. The van der Waals surface area contributed by atoms with Crippen LogP contribution >= 0.6 is 0 Å². The van der Waals surface area contributed by atoms with E-state index in [1.54, 1.807) is 7.11 Å². The van der Waals surface area contributed by atoms with Crippen LogP contribution < -0.4 is 0 Å². The van der Waals surface area contributed by atoms with Crippen molar-refractivity contribution in [2.45, 2.75) is 63.9 Å². The lowest BCUT2D eigenvalue weighted by Gasteiger charge is -2.55. The van der Waals surface area contributed by atoms with Gasteiger partial charge in [-0.2, -0.15) is 0 Å². The first kappa shape index (κ1) is 16.3. The molecule has 4 aliphatic carbocycles. The molecule has 0 amide bonds. The lowest BCUT2D eigenvalue weighted by molar-refractivity contribution is -0.0945. The summed E-state index contributed by atoms with van der Waals surface area (Å²) in [7, 11) is 1.79. The van der Waals surface area contributed by atoms with Gasteiger partial charge in [-0.3, -0.25) is 0 Å². The highest BCUT2D eigenvalue weighted by atomic mass is 16.5. The van der Waals surface area contributed by atoms with Gasteiger partial charge in [0.15, 0.2) is 0 Å². The molecule has 24 heavy (non-hydrogen) atoms. The summed E-state index contributed by atoms with van der Waals surface area (Å²) in [4.78, 5) is 0. The maximum Gasteiger partial charge on any atom is 0.131 e. The molecule has 130 valence electrons. The Balaban J connectivity index is 1.67. The zero-order chi connectivity index (χ0) is 16.9. The highest BCUT2D eigenvalue weighted by Crippen LogP contribution is 2.65. The fourth-order valence-corrected chi connectivity index (χ4v) is 6.87. The minimum absolute atomic E-state index is 0.0452. The average Bonchev–Trinajstić information content (AvgIpc) is 2.94. The van der Waals surface area contributed by atoms with Crippen LogP contribution in [0.1, 0.15) is 58.3 Å². The van der Waals surface area contributed by atoms with Gasteiger partial charge in [0.05, 0.1) is 12.9 Å². The number of hydrogen-bond acceptors (Lipinski definition) is 2. The summed E-state index contributed by atoms with van der Waals surface area (Å²) in [5.74, 6) is 6.70. The Morgan fingerprint density at radius 2 is 2.12 bits per heavy atom. The van der Waals surface area contributed by atoms with Crippen molar-refractivity contribution in [3.63, 3.8) is 0 Å². The molecule has 0 aromatic carbocycles. The van der Waals surface area contributed by atoms with Crippen LogP contribution in [0.5, 0.6) is 0 Å². The molecule has 0 aromatic rings. The van der Waals surface area contributed by atoms with Gasteiger partial charge in [-0.15, -0.1) is 6.42 Å². The van der Waals surface area contributed by atoms with Crippen LogP contribution in [0.4, 0.5) is 0 Å². The number of ether oxygens (including phenoxy) is 1. The lowest BCUT2D eigenvalue weighted by Crippen LogP contribution is -2.53. The second-order valence-corrected chi connectivity index (χ2v) is 8.43. The van der Waals surface area contributed by atoms with Crippen LogP contribution in [-0.2, 0) is 4.74 Å². The van der Waals surface area contributed by atoms with Crippen molar-refractivity contribution < 1.29 is 9.84 Å². The molecule has 0 unspecified atom stereocenters. The SMILES string of the molecule is C#C[C@@]1(O)CC[C@@H]2[C@@H]3CC=C4C=C(OC)CC[C@@H]4[C@@H]3CC[C@@]21CC. The summed E-state index contributed by atoms with van der Waals surface area (Å²) >= 11 is 0. The summed E-state index contributed by atoms with van der Waals surface area (Å²) in [6.45, 7) is 2.24. The van der Waals surface area contributed by atoms with Gasteiger partial charge in [-0.1, -0.05) is 18.9 Å². The smallest absolute Gasteiger partial charge is 0.131 e. The van der Waals surface area contributed by atoms with Crippen LogP contribution in [0.25, 0.3) is 0 Å². The number of hydrogen-bond donors (Lipinski definition) is 1. The van der Waals surface area contributed by atoms with E-state index in [-0.39, 0.29) is 5.41 Å². The Bertz CT molecular complexity index is 624. The van der Waals surface area contributed by atoms with Gasteiger partial charge in [0.25, 0.3) is 0 Å². The van der Waals surface area contributed by atoms with Crippen LogP contribution in [0.3, 0.4) is 0 Å². The quantitative estimate of drug-likeness (QED) is 0.760. The first-order chi connectivity index (χ1) is 11.6. The largest absolute Gasteiger partial charge is 0.501 e. The van der Waals surface area contributed by atoms with Crippen molar-refractivity contribution in [2.75, 3.05) is 7.11 Å². The van der Waals surface area contributed by atoms with Gasteiger partial charge in [-0.05, 0) is 80.3 Å². The third kappa shape index (κ3) is 2.00. The molecular formula is C22H30O2. The zero-order valence-electron chi connectivity index (χ0n) is 15.1. The third-order valence-electron chi connectivity index (χ3n) is 8.07. The molecule has 0 bridgehead atoms. The van der Waals surface area contributed by atoms with Gasteiger partial charge in [0.1, 0.15) is 5.60 Å². The molecule has 2 saturated carbocycles. The molecule has 4 aliphatic rings. The summed E-state index contributed by atoms with van der Waals surface area (Å²) in [5, 5.41) is 11.2. The predicted molar refractivity (Wildman–Crippen MR) is 96.0 cm³/mol. The van der Waals surface area contributed by atoms with Crippen LogP contribution in [-0.4, -0.2) is 17.8 Å². The molecule has 2 nitrogen and oxygen atoms in total. The number of terminal acetylenes is 1. The first-order valence-electron chi connectivity index (χ1n) is 9.73. The van der Waals surface area contributed by atoms with E-state index in [1.807, 2.05) is 0 Å². The minimum Gasteiger partial charge on any atom is -0.501 e. The molecule has 4 rings (SSSR count). The molecule has 0 heterocycles. The Hall–Kier alpha value is -1.20. The van der Waals surface area contributed by atoms with Crippen molar-refractivity contribution in [2.24, 2.45) is 29.1 Å². The topological polar surface area (TPSA) is 29.5 Å². The number of aliphatic hydroxyl groups is 1. The molecule has 0 radical (unpaired) electrons. The number of fused-ring (bicyclic) bond motifs is 5. The van der Waals surface area contributed by atoms with Gasteiger partial charge in [0, 0.05) is 11.8 Å². The highest BCUT2D eigenvalue weighted by molar-refractivity contribution is 5.33. The highest BCUT2D eigenvalue weighted by Gasteiger charge is 2.63. The van der Waals surface area contributed by atoms with E-state index in [2.05, 4.69) is 25.0 Å². The van der Waals surface area contributed by atoms with Crippen molar-refractivity contribution in [1.82, 2.24) is 0 Å². The zero-order valence-corrected chi connectivity index (χ0v) is 15.1. The fourth-order valence-electron chi connectivity index (χ4n) is 6.87. The van der Waals surface area contributed by atoms with Crippen LogP contribution in [0.15, 0.2) is 23.5 Å². The van der Waals surface area contributed by atoms with Gasteiger partial charge < -0.3 is 9.84 Å². The third-order valence-corrected chi connectivity index (χ3v) is 8.07. The van der Waals surface area contributed by atoms with Crippen LogP contribution in [0.2, 0.25) is 0 Å². The van der Waals surface area contributed by atoms with Crippen molar-refractivity contribution in [3.05, 3.63) is 23.5 Å². The normalized spacial score (nSPS) is 46.8. The van der Waals surface area contributed by atoms with Gasteiger partial charge in [0.2, 0.25) is 0 Å². The first-order valence-corrected chi connectivity index (χ1v) is 9.73. The molecular weight excluding hydrogens is 296 g/mol. The van der Waals surface area contributed by atoms with Crippen molar-refractivity contribution in [1.29, 1.82) is 0 Å². The van der Waals surface area contributed by atoms with Crippen LogP contribution in [0, 0.1) is 41.4 Å². The maximum atomic E-state index is 11.2. The van der Waals surface area contributed by atoms with E-state index in [0.717, 1.165) is 50.2 Å². The molecule has 0 aliphatic heterocycles. The number of methoxy groups -OCH3 is 1. The Morgan fingerprint density at radius 1 is 1.29 bits per heavy atom. The fraction of sp³-hybridized carbons (Fsp3) is 0.727. The average molecular weight is 326 g/mol. The summed E-state index contributed by atoms with van der Waals surface area (Å²) in [5.41, 5.74) is 0.585. The van der Waals surface area contributed by atoms with E-state index in [4.69, 9.17) is 11.2 Å². The molecule has 0 spiro atoms. The second-order valence-electron chi connectivity index (χ2n) is 8.43. The molecule has 0 aromatic heterocycles. The Morgan fingerprint density at radius 3 is 2.83 bits per heavy atom. The second kappa shape index (κ2) is 5.67. The minimum atomic E-state index is -0.878. The Kier molecular flexibility index (Phi) is 3.84. The monoisotopic (exact) mass is 326 g/mol. The molecule has 1 N–H and O–H groups in total. The summed E-state index contributed by atoms with van der Waals surface area (Å²) in [6, 6.07) is 0. The predicted octanol–water partition coefficient (Wildman–Crippen LogP) is 4.45. The van der Waals surface area contributed by atoms with E-state index < -0.39 is 5.60 Å². The molecule has 2 heteroatoms. The van der Waals surface area contributed by atoms with Crippen molar-refractivity contribution in [3.8, 4) is 12.3 Å². The van der Waals surface area contributed by atoms with Crippen molar-refractivity contribution >= 4 is 0 Å². The maximum absolute atomic E-state index is 11.2. The Labute approximate surface area is 146 Å². The standard InChI is InChI=1S/C22H30O2/c1-4-21-12-10-18-17-9-7-16(24-3)14-15(17)6-8-19(18)20(21)11-13-22(21,23)5-2/h2,6,14,17-20,23H,4,7-13H2,1,3H3/t17-,18-,19+,20+,21-,22+/m0/s1. The number of rotatable bonds is 2. The molecule has 0 saturated heterocycles. The lowest BCUT2D eigenvalue weighted by atomic mass is 9.50. The van der Waals surface area contributed by atoms with E-state index in [0.29, 0.717) is 17.8 Å². The summed E-state index contributed by atoms with van der Waals surface area (Å²) in [6.07, 6.45) is 19.2. The summed E-state index contributed by atoms with van der Waals surface area (Å²) < 4.78 is 5.49. The van der Waals surface area contributed by atoms with Gasteiger partial charge in [-0.25, -0.2) is 0 Å². The van der Waals surface area contributed by atoms with E-state index in [1.165, 1.54) is 18.4 Å². The van der Waals surface area contributed by atoms with E-state index >= 15 is 0 Å².